The first kappa shape index (κ1) is 16.3. The smallest absolute Gasteiger partial charge is 0.287 e. The summed E-state index contributed by atoms with van der Waals surface area (Å²) in [5, 5.41) is 2.61. The zero-order valence-corrected chi connectivity index (χ0v) is 12.1. The second kappa shape index (κ2) is 9.18. The van der Waals surface area contributed by atoms with Gasteiger partial charge in [-0.1, -0.05) is 45.4 Å². The summed E-state index contributed by atoms with van der Waals surface area (Å²) in [6.07, 6.45) is 8.77. The lowest BCUT2D eigenvalue weighted by atomic mass is 10.1. The molecule has 1 aromatic heterocycles. The van der Waals surface area contributed by atoms with E-state index in [-0.39, 0.29) is 5.76 Å². The lowest BCUT2D eigenvalue weighted by molar-refractivity contribution is -0.120. The minimum absolute atomic E-state index is 0.194. The molecular formula is C15H24N2O3. The normalized spacial score (nSPS) is 12.1. The Bertz CT molecular complexity index is 401. The number of carbonyl (C=O) groups excluding carboxylic acids is 2. The molecule has 0 aliphatic carbocycles. The number of hydrogen-bond acceptors (Lipinski definition) is 3. The van der Waals surface area contributed by atoms with Crippen molar-refractivity contribution in [1.29, 1.82) is 0 Å². The van der Waals surface area contributed by atoms with Crippen molar-refractivity contribution in [2.45, 2.75) is 57.9 Å². The van der Waals surface area contributed by atoms with Crippen molar-refractivity contribution in [2.24, 2.45) is 5.73 Å². The number of carbonyl (C=O) groups is 2. The van der Waals surface area contributed by atoms with Crippen molar-refractivity contribution < 1.29 is 14.0 Å². The molecule has 0 saturated carbocycles. The Hall–Kier alpha value is -1.78. The van der Waals surface area contributed by atoms with Crippen LogP contribution in [0.15, 0.2) is 22.8 Å². The molecule has 0 aromatic carbocycles. The lowest BCUT2D eigenvalue weighted by Crippen LogP contribution is -2.44. The molecule has 1 atom stereocenters. The number of hydrogen-bond donors (Lipinski definition) is 2. The van der Waals surface area contributed by atoms with Crippen molar-refractivity contribution >= 4 is 11.8 Å². The number of rotatable bonds is 10. The van der Waals surface area contributed by atoms with E-state index in [1.165, 1.54) is 25.5 Å². The van der Waals surface area contributed by atoms with E-state index in [0.717, 1.165) is 19.3 Å². The maximum Gasteiger partial charge on any atom is 0.287 e. The second-order valence-electron chi connectivity index (χ2n) is 4.96. The summed E-state index contributed by atoms with van der Waals surface area (Å²) in [5.74, 6) is -0.706. The predicted molar refractivity (Wildman–Crippen MR) is 77.1 cm³/mol. The highest BCUT2D eigenvalue weighted by Gasteiger charge is 2.19. The van der Waals surface area contributed by atoms with Gasteiger partial charge in [0.1, 0.15) is 6.04 Å². The molecule has 0 spiro atoms. The van der Waals surface area contributed by atoms with Gasteiger partial charge < -0.3 is 15.5 Å². The molecule has 5 nitrogen and oxygen atoms in total. The van der Waals surface area contributed by atoms with Gasteiger partial charge in [-0.05, 0) is 18.6 Å². The highest BCUT2D eigenvalue weighted by molar-refractivity contribution is 5.95. The van der Waals surface area contributed by atoms with E-state index in [9.17, 15) is 9.59 Å². The zero-order valence-electron chi connectivity index (χ0n) is 12.1. The average Bonchev–Trinajstić information content (AvgIpc) is 2.95. The Morgan fingerprint density at radius 1 is 1.25 bits per heavy atom. The van der Waals surface area contributed by atoms with Crippen molar-refractivity contribution in [3.8, 4) is 0 Å². The molecule has 0 saturated heterocycles. The second-order valence-corrected chi connectivity index (χ2v) is 4.96. The van der Waals surface area contributed by atoms with Crippen LogP contribution >= 0.6 is 0 Å². The van der Waals surface area contributed by atoms with Crippen LogP contribution in [0.1, 0.15) is 62.4 Å². The molecule has 0 unspecified atom stereocenters. The molecule has 1 aromatic rings. The van der Waals surface area contributed by atoms with Crippen LogP contribution in [0, 0.1) is 0 Å². The molecule has 20 heavy (non-hydrogen) atoms. The van der Waals surface area contributed by atoms with Crippen LogP contribution in [0.2, 0.25) is 0 Å². The third-order valence-electron chi connectivity index (χ3n) is 3.24. The summed E-state index contributed by atoms with van der Waals surface area (Å²) < 4.78 is 4.98. The molecule has 3 N–H and O–H groups in total. The van der Waals surface area contributed by atoms with Gasteiger partial charge in [0.2, 0.25) is 5.91 Å². The van der Waals surface area contributed by atoms with Gasteiger partial charge in [0.05, 0.1) is 6.26 Å². The molecule has 0 radical (unpaired) electrons. The van der Waals surface area contributed by atoms with Crippen molar-refractivity contribution in [3.63, 3.8) is 0 Å². The minimum Gasteiger partial charge on any atom is -0.459 e. The number of amides is 2. The summed E-state index contributed by atoms with van der Waals surface area (Å²) in [4.78, 5) is 23.1. The van der Waals surface area contributed by atoms with Gasteiger partial charge in [0.15, 0.2) is 5.76 Å². The number of nitrogens with two attached hydrogens (primary N) is 1. The van der Waals surface area contributed by atoms with Gasteiger partial charge in [-0.15, -0.1) is 0 Å². The molecule has 0 aliphatic rings. The van der Waals surface area contributed by atoms with Crippen molar-refractivity contribution in [2.75, 3.05) is 0 Å². The number of furan rings is 1. The van der Waals surface area contributed by atoms with Crippen LogP contribution in [0.25, 0.3) is 0 Å². The molecule has 0 aliphatic heterocycles. The van der Waals surface area contributed by atoms with Gasteiger partial charge in [-0.3, -0.25) is 9.59 Å². The highest BCUT2D eigenvalue weighted by Crippen LogP contribution is 2.09. The van der Waals surface area contributed by atoms with Gasteiger partial charge >= 0.3 is 0 Å². The largest absolute Gasteiger partial charge is 0.459 e. The van der Waals surface area contributed by atoms with E-state index >= 15 is 0 Å². The van der Waals surface area contributed by atoms with E-state index < -0.39 is 17.9 Å². The van der Waals surface area contributed by atoms with Gasteiger partial charge in [-0.2, -0.15) is 0 Å². The Kier molecular flexibility index (Phi) is 7.47. The van der Waals surface area contributed by atoms with E-state index in [0.29, 0.717) is 6.42 Å². The molecule has 1 rings (SSSR count). The molecule has 1 heterocycles. The summed E-state index contributed by atoms with van der Waals surface area (Å²) in [5.41, 5.74) is 5.32. The summed E-state index contributed by atoms with van der Waals surface area (Å²) in [6, 6.07) is 2.55. The van der Waals surface area contributed by atoms with Crippen molar-refractivity contribution in [3.05, 3.63) is 24.2 Å². The monoisotopic (exact) mass is 280 g/mol. The zero-order chi connectivity index (χ0) is 14.8. The predicted octanol–water partition coefficient (Wildman–Crippen LogP) is 2.61. The van der Waals surface area contributed by atoms with Gasteiger partial charge in [0.25, 0.3) is 5.91 Å². The fraction of sp³-hybridized carbons (Fsp3) is 0.600. The lowest BCUT2D eigenvalue weighted by Gasteiger charge is -2.14. The standard InChI is InChI=1S/C15H24N2O3/c1-2-3-4-5-6-7-9-12(14(16)18)17-15(19)13-10-8-11-20-13/h8,10-12H,2-7,9H2,1H3,(H2,16,18)(H,17,19)/t12-/m1/s1. The quantitative estimate of drug-likeness (QED) is 0.646. The van der Waals surface area contributed by atoms with E-state index in [4.69, 9.17) is 10.2 Å². The topological polar surface area (TPSA) is 85.3 Å². The van der Waals surface area contributed by atoms with Crippen molar-refractivity contribution in [1.82, 2.24) is 5.32 Å². The maximum absolute atomic E-state index is 11.8. The first-order valence-corrected chi connectivity index (χ1v) is 7.28. The van der Waals surface area contributed by atoms with Gasteiger partial charge in [0, 0.05) is 0 Å². The number of nitrogens with one attached hydrogen (secondary N) is 1. The third kappa shape index (κ3) is 5.91. The summed E-state index contributed by atoms with van der Waals surface area (Å²) >= 11 is 0. The first-order valence-electron chi connectivity index (χ1n) is 7.28. The third-order valence-corrected chi connectivity index (χ3v) is 3.24. The molecule has 0 fully saturated rings. The van der Waals surface area contributed by atoms with Crippen LogP contribution in [0.4, 0.5) is 0 Å². The molecular weight excluding hydrogens is 256 g/mol. The van der Waals surface area contributed by atoms with E-state index in [2.05, 4.69) is 12.2 Å². The van der Waals surface area contributed by atoms with Gasteiger partial charge in [-0.25, -0.2) is 0 Å². The first-order chi connectivity index (χ1) is 9.65. The number of unbranched alkanes of at least 4 members (excludes halogenated alkanes) is 5. The Morgan fingerprint density at radius 2 is 1.95 bits per heavy atom. The average molecular weight is 280 g/mol. The molecule has 0 bridgehead atoms. The van der Waals surface area contributed by atoms with Crippen LogP contribution in [-0.2, 0) is 4.79 Å². The summed E-state index contributed by atoms with van der Waals surface area (Å²) in [7, 11) is 0. The minimum atomic E-state index is -0.626. The van der Waals surface area contributed by atoms with Crippen LogP contribution in [-0.4, -0.2) is 17.9 Å². The Labute approximate surface area is 119 Å². The Morgan fingerprint density at radius 3 is 2.55 bits per heavy atom. The molecule has 2 amide bonds. The highest BCUT2D eigenvalue weighted by atomic mass is 16.3. The summed E-state index contributed by atoms with van der Waals surface area (Å²) in [6.45, 7) is 2.17. The van der Waals surface area contributed by atoms with E-state index in [1.807, 2.05) is 0 Å². The van der Waals surface area contributed by atoms with E-state index in [1.54, 1.807) is 12.1 Å². The molecule has 5 heteroatoms. The van der Waals surface area contributed by atoms with Crippen LogP contribution < -0.4 is 11.1 Å². The Balaban J connectivity index is 2.30. The fourth-order valence-corrected chi connectivity index (χ4v) is 2.05. The SMILES string of the molecule is CCCCCCCC[C@@H](NC(=O)c1ccco1)C(N)=O. The van der Waals surface area contributed by atoms with Crippen LogP contribution in [0.5, 0.6) is 0 Å². The fourth-order valence-electron chi connectivity index (χ4n) is 2.05. The number of primary amides is 1. The molecule has 112 valence electrons. The maximum atomic E-state index is 11.8. The van der Waals surface area contributed by atoms with Crippen LogP contribution in [0.3, 0.4) is 0 Å².